The van der Waals surface area contributed by atoms with Gasteiger partial charge in [-0.1, -0.05) is 13.8 Å². The second-order valence-electron chi connectivity index (χ2n) is 5.04. The summed E-state index contributed by atoms with van der Waals surface area (Å²) in [5, 5.41) is 21.7. The lowest BCUT2D eigenvalue weighted by atomic mass is 10.1. The normalized spacial score (nSPS) is 13.9. The Kier molecular flexibility index (Phi) is 6.34. The van der Waals surface area contributed by atoms with Crippen molar-refractivity contribution < 1.29 is 9.84 Å². The molecule has 0 amide bonds. The van der Waals surface area contributed by atoms with Gasteiger partial charge in [0.05, 0.1) is 11.6 Å². The standard InChI is InChI=1S/C15H22N2O2/c1-11(2)12(3)17-9-14(18)10-19-15-6-4-13(8-16)5-7-15/h4-7,11-12,14,17-18H,9-10H2,1-3H3/t12-,14+/m1/s1. The zero-order chi connectivity index (χ0) is 14.3. The lowest BCUT2D eigenvalue weighted by Gasteiger charge is -2.20. The van der Waals surface area contributed by atoms with Crippen LogP contribution in [-0.4, -0.2) is 30.4 Å². The van der Waals surface area contributed by atoms with E-state index in [-0.39, 0.29) is 6.61 Å². The van der Waals surface area contributed by atoms with Gasteiger partial charge in [-0.05, 0) is 37.1 Å². The molecule has 4 heteroatoms. The van der Waals surface area contributed by atoms with Crippen LogP contribution in [0.15, 0.2) is 24.3 Å². The van der Waals surface area contributed by atoms with Gasteiger partial charge in [0.15, 0.2) is 0 Å². The van der Waals surface area contributed by atoms with Gasteiger partial charge in [-0.3, -0.25) is 0 Å². The topological polar surface area (TPSA) is 65.3 Å². The number of hydrogen-bond acceptors (Lipinski definition) is 4. The molecule has 0 fully saturated rings. The van der Waals surface area contributed by atoms with Crippen LogP contribution in [0.5, 0.6) is 5.75 Å². The van der Waals surface area contributed by atoms with Gasteiger partial charge in [0.25, 0.3) is 0 Å². The third-order valence-electron chi connectivity index (χ3n) is 3.10. The minimum Gasteiger partial charge on any atom is -0.491 e. The van der Waals surface area contributed by atoms with Crippen molar-refractivity contribution in [2.75, 3.05) is 13.2 Å². The third kappa shape index (κ3) is 5.73. The lowest BCUT2D eigenvalue weighted by molar-refractivity contribution is 0.102. The van der Waals surface area contributed by atoms with Gasteiger partial charge >= 0.3 is 0 Å². The van der Waals surface area contributed by atoms with Crippen LogP contribution in [0, 0.1) is 17.2 Å². The number of nitrogens with zero attached hydrogens (tertiary/aromatic N) is 1. The van der Waals surface area contributed by atoms with Gasteiger partial charge in [-0.25, -0.2) is 0 Å². The minimum absolute atomic E-state index is 0.240. The Labute approximate surface area is 115 Å². The molecule has 0 aliphatic heterocycles. The molecule has 2 atom stereocenters. The molecule has 4 nitrogen and oxygen atoms in total. The first kappa shape index (κ1) is 15.5. The molecule has 0 saturated carbocycles. The Morgan fingerprint density at radius 2 is 1.89 bits per heavy atom. The molecule has 0 heterocycles. The highest BCUT2D eigenvalue weighted by molar-refractivity contribution is 5.34. The third-order valence-corrected chi connectivity index (χ3v) is 3.10. The molecule has 0 radical (unpaired) electrons. The molecule has 19 heavy (non-hydrogen) atoms. The van der Waals surface area contributed by atoms with Crippen molar-refractivity contribution >= 4 is 0 Å². The Bertz CT molecular complexity index is 409. The van der Waals surface area contributed by atoms with Crippen molar-refractivity contribution in [1.29, 1.82) is 5.26 Å². The molecular weight excluding hydrogens is 240 g/mol. The van der Waals surface area contributed by atoms with Crippen molar-refractivity contribution in [3.8, 4) is 11.8 Å². The van der Waals surface area contributed by atoms with Crippen molar-refractivity contribution in [2.24, 2.45) is 5.92 Å². The van der Waals surface area contributed by atoms with E-state index < -0.39 is 6.10 Å². The summed E-state index contributed by atoms with van der Waals surface area (Å²) in [5.74, 6) is 1.20. The molecule has 104 valence electrons. The Hall–Kier alpha value is -1.57. The van der Waals surface area contributed by atoms with E-state index in [1.807, 2.05) is 6.07 Å². The van der Waals surface area contributed by atoms with Gasteiger partial charge in [0.1, 0.15) is 18.5 Å². The van der Waals surface area contributed by atoms with E-state index in [2.05, 4.69) is 26.1 Å². The van der Waals surface area contributed by atoms with Crippen LogP contribution >= 0.6 is 0 Å². The van der Waals surface area contributed by atoms with Crippen LogP contribution in [0.25, 0.3) is 0 Å². The van der Waals surface area contributed by atoms with Gasteiger partial charge in [-0.2, -0.15) is 5.26 Å². The molecule has 0 spiro atoms. The number of benzene rings is 1. The molecule has 0 bridgehead atoms. The average molecular weight is 262 g/mol. The van der Waals surface area contributed by atoms with Gasteiger partial charge in [0, 0.05) is 12.6 Å². The molecule has 0 aliphatic rings. The Morgan fingerprint density at radius 1 is 1.26 bits per heavy atom. The van der Waals surface area contributed by atoms with Crippen molar-refractivity contribution in [3.05, 3.63) is 29.8 Å². The second-order valence-corrected chi connectivity index (χ2v) is 5.04. The highest BCUT2D eigenvalue weighted by Crippen LogP contribution is 2.11. The van der Waals surface area contributed by atoms with Gasteiger partial charge in [-0.15, -0.1) is 0 Å². The van der Waals surface area contributed by atoms with E-state index in [9.17, 15) is 5.11 Å². The molecule has 1 aromatic carbocycles. The smallest absolute Gasteiger partial charge is 0.119 e. The molecule has 0 saturated heterocycles. The first-order valence-electron chi connectivity index (χ1n) is 6.57. The van der Waals surface area contributed by atoms with E-state index in [1.165, 1.54) is 0 Å². The molecule has 0 unspecified atom stereocenters. The van der Waals surface area contributed by atoms with Crippen molar-refractivity contribution in [2.45, 2.75) is 32.9 Å². The number of nitriles is 1. The number of ether oxygens (including phenoxy) is 1. The van der Waals surface area contributed by atoms with Crippen LogP contribution < -0.4 is 10.1 Å². The maximum atomic E-state index is 9.80. The van der Waals surface area contributed by atoms with E-state index in [1.54, 1.807) is 24.3 Å². The van der Waals surface area contributed by atoms with Gasteiger partial charge < -0.3 is 15.2 Å². The Morgan fingerprint density at radius 3 is 2.42 bits per heavy atom. The summed E-state index contributed by atoms with van der Waals surface area (Å²) in [6, 6.07) is 9.27. The molecule has 1 aromatic rings. The van der Waals surface area contributed by atoms with E-state index in [0.717, 1.165) is 0 Å². The maximum absolute atomic E-state index is 9.80. The monoisotopic (exact) mass is 262 g/mol. The molecule has 0 aliphatic carbocycles. The van der Waals surface area contributed by atoms with Crippen molar-refractivity contribution in [3.63, 3.8) is 0 Å². The van der Waals surface area contributed by atoms with E-state index in [4.69, 9.17) is 10.00 Å². The summed E-state index contributed by atoms with van der Waals surface area (Å²) in [4.78, 5) is 0. The highest BCUT2D eigenvalue weighted by Gasteiger charge is 2.10. The predicted molar refractivity (Wildman–Crippen MR) is 75.0 cm³/mol. The summed E-state index contributed by atoms with van der Waals surface area (Å²) < 4.78 is 5.46. The van der Waals surface area contributed by atoms with Crippen LogP contribution in [0.1, 0.15) is 26.3 Å². The van der Waals surface area contributed by atoms with Crippen LogP contribution in [0.3, 0.4) is 0 Å². The SMILES string of the molecule is CC(C)[C@@H](C)NC[C@H](O)COc1ccc(C#N)cc1. The van der Waals surface area contributed by atoms with E-state index >= 15 is 0 Å². The summed E-state index contributed by atoms with van der Waals surface area (Å²) in [6.45, 7) is 7.12. The fourth-order valence-electron chi connectivity index (χ4n) is 1.43. The Balaban J connectivity index is 2.29. The zero-order valence-electron chi connectivity index (χ0n) is 11.8. The lowest BCUT2D eigenvalue weighted by Crippen LogP contribution is -2.38. The first-order valence-corrected chi connectivity index (χ1v) is 6.57. The van der Waals surface area contributed by atoms with Crippen molar-refractivity contribution in [1.82, 2.24) is 5.32 Å². The largest absolute Gasteiger partial charge is 0.491 e. The summed E-state index contributed by atoms with van der Waals surface area (Å²) in [6.07, 6.45) is -0.545. The average Bonchev–Trinajstić information content (AvgIpc) is 2.42. The molecule has 1 rings (SSSR count). The molecular formula is C15H22N2O2. The highest BCUT2D eigenvalue weighted by atomic mass is 16.5. The zero-order valence-corrected chi connectivity index (χ0v) is 11.8. The van der Waals surface area contributed by atoms with Crippen LogP contribution in [0.2, 0.25) is 0 Å². The summed E-state index contributed by atoms with van der Waals surface area (Å²) in [5.41, 5.74) is 0.598. The number of aliphatic hydroxyl groups excluding tert-OH is 1. The quantitative estimate of drug-likeness (QED) is 0.788. The summed E-state index contributed by atoms with van der Waals surface area (Å²) in [7, 11) is 0. The van der Waals surface area contributed by atoms with Crippen LogP contribution in [0.4, 0.5) is 0 Å². The number of nitrogens with one attached hydrogen (secondary N) is 1. The van der Waals surface area contributed by atoms with Gasteiger partial charge in [0.2, 0.25) is 0 Å². The van der Waals surface area contributed by atoms with E-state index in [0.29, 0.717) is 29.8 Å². The maximum Gasteiger partial charge on any atom is 0.119 e. The first-order chi connectivity index (χ1) is 9.02. The fraction of sp³-hybridized carbons (Fsp3) is 0.533. The minimum atomic E-state index is -0.545. The summed E-state index contributed by atoms with van der Waals surface area (Å²) >= 11 is 0. The molecule has 0 aromatic heterocycles. The molecule has 2 N–H and O–H groups in total. The number of hydrogen-bond donors (Lipinski definition) is 2. The number of rotatable bonds is 7. The number of aliphatic hydroxyl groups is 1. The fourth-order valence-corrected chi connectivity index (χ4v) is 1.43. The van der Waals surface area contributed by atoms with Crippen LogP contribution in [-0.2, 0) is 0 Å². The second kappa shape index (κ2) is 7.78. The predicted octanol–water partition coefficient (Wildman–Crippen LogP) is 1.93.